The van der Waals surface area contributed by atoms with Crippen LogP contribution in [0.4, 0.5) is 13.2 Å². The van der Waals surface area contributed by atoms with Crippen LogP contribution >= 0.6 is 0 Å². The van der Waals surface area contributed by atoms with Crippen LogP contribution in [-0.2, 0) is 6.18 Å². The van der Waals surface area contributed by atoms with Crippen molar-refractivity contribution in [1.82, 2.24) is 5.48 Å². The molecule has 0 aliphatic heterocycles. The van der Waals surface area contributed by atoms with Gasteiger partial charge in [0.1, 0.15) is 0 Å². The Morgan fingerprint density at radius 2 is 1.86 bits per heavy atom. The molecule has 0 aromatic heterocycles. The van der Waals surface area contributed by atoms with Gasteiger partial charge in [-0.05, 0) is 18.6 Å². The Hall–Kier alpha value is -1.07. The first-order chi connectivity index (χ1) is 6.46. The molecule has 14 heavy (non-hydrogen) atoms. The first-order valence-corrected chi connectivity index (χ1v) is 4.02. The second kappa shape index (κ2) is 3.98. The molecule has 2 N–H and O–H groups in total. The van der Waals surface area contributed by atoms with E-state index in [1.807, 2.05) is 0 Å². The minimum atomic E-state index is -4.39. The van der Waals surface area contributed by atoms with E-state index < -0.39 is 17.8 Å². The van der Waals surface area contributed by atoms with Crippen molar-refractivity contribution in [3.05, 3.63) is 35.4 Å². The van der Waals surface area contributed by atoms with Crippen LogP contribution in [0.2, 0.25) is 0 Å². The van der Waals surface area contributed by atoms with Crippen LogP contribution in [0, 0.1) is 0 Å². The first kappa shape index (κ1) is 11.0. The van der Waals surface area contributed by atoms with Crippen molar-refractivity contribution in [2.45, 2.75) is 19.1 Å². The monoisotopic (exact) mass is 205 g/mol. The number of benzene rings is 1. The maximum absolute atomic E-state index is 12.4. The lowest BCUT2D eigenvalue weighted by atomic mass is 10.0. The molecule has 0 aliphatic rings. The summed E-state index contributed by atoms with van der Waals surface area (Å²) >= 11 is 0. The maximum atomic E-state index is 12.4. The van der Waals surface area contributed by atoms with E-state index in [9.17, 15) is 13.2 Å². The van der Waals surface area contributed by atoms with Crippen molar-refractivity contribution in [2.75, 3.05) is 0 Å². The summed E-state index contributed by atoms with van der Waals surface area (Å²) in [5.41, 5.74) is 1.10. The Morgan fingerprint density at radius 3 is 2.36 bits per heavy atom. The van der Waals surface area contributed by atoms with E-state index in [1.54, 1.807) is 5.48 Å². The van der Waals surface area contributed by atoms with E-state index in [0.29, 0.717) is 0 Å². The molecule has 0 bridgehead atoms. The number of nitrogens with one attached hydrogen (secondary N) is 1. The molecule has 0 saturated heterocycles. The number of rotatable bonds is 2. The van der Waals surface area contributed by atoms with Crippen LogP contribution in [0.3, 0.4) is 0 Å². The summed E-state index contributed by atoms with van der Waals surface area (Å²) in [4.78, 5) is 0. The minimum absolute atomic E-state index is 0.0301. The zero-order valence-corrected chi connectivity index (χ0v) is 7.47. The molecule has 0 heterocycles. The molecule has 0 fully saturated rings. The summed E-state index contributed by atoms with van der Waals surface area (Å²) in [5.74, 6) is 0. The summed E-state index contributed by atoms with van der Waals surface area (Å²) < 4.78 is 37.3. The third-order valence-electron chi connectivity index (χ3n) is 1.93. The molecular weight excluding hydrogens is 195 g/mol. The van der Waals surface area contributed by atoms with Crippen molar-refractivity contribution >= 4 is 0 Å². The molecule has 0 unspecified atom stereocenters. The topological polar surface area (TPSA) is 32.3 Å². The van der Waals surface area contributed by atoms with Gasteiger partial charge in [0.15, 0.2) is 0 Å². The van der Waals surface area contributed by atoms with Crippen molar-refractivity contribution in [1.29, 1.82) is 0 Å². The summed E-state index contributed by atoms with van der Waals surface area (Å²) in [6.07, 6.45) is -4.39. The number of alkyl halides is 3. The summed E-state index contributed by atoms with van der Waals surface area (Å²) in [6.45, 7) is 1.45. The lowest BCUT2D eigenvalue weighted by molar-refractivity contribution is -0.138. The predicted molar refractivity (Wildman–Crippen MR) is 44.8 cm³/mol. The fourth-order valence-electron chi connectivity index (χ4n) is 1.20. The standard InChI is InChI=1S/C9H10F3NO/c1-6(13-14)7-4-2-3-5-8(7)9(10,11)12/h2-6,13-14H,1H3/t6-/m0/s1. The average Bonchev–Trinajstić information content (AvgIpc) is 2.15. The average molecular weight is 205 g/mol. The van der Waals surface area contributed by atoms with Gasteiger partial charge in [0.2, 0.25) is 0 Å². The summed E-state index contributed by atoms with van der Waals surface area (Å²) in [5, 5.41) is 8.56. The van der Waals surface area contributed by atoms with Crippen LogP contribution in [0.5, 0.6) is 0 Å². The number of hydrogen-bond acceptors (Lipinski definition) is 2. The predicted octanol–water partition coefficient (Wildman–Crippen LogP) is 2.75. The Bertz CT molecular complexity index is 311. The zero-order chi connectivity index (χ0) is 10.8. The van der Waals surface area contributed by atoms with Gasteiger partial charge in [-0.2, -0.15) is 18.7 Å². The van der Waals surface area contributed by atoms with Crippen LogP contribution in [0.25, 0.3) is 0 Å². The van der Waals surface area contributed by atoms with Gasteiger partial charge >= 0.3 is 6.18 Å². The van der Waals surface area contributed by atoms with Crippen molar-refractivity contribution in [3.63, 3.8) is 0 Å². The molecule has 0 radical (unpaired) electrons. The van der Waals surface area contributed by atoms with E-state index in [2.05, 4.69) is 0 Å². The molecule has 1 aromatic rings. The highest BCUT2D eigenvalue weighted by molar-refractivity contribution is 5.31. The highest BCUT2D eigenvalue weighted by Gasteiger charge is 2.33. The fourth-order valence-corrected chi connectivity index (χ4v) is 1.20. The Balaban J connectivity index is 3.16. The summed E-state index contributed by atoms with van der Waals surface area (Å²) in [7, 11) is 0. The van der Waals surface area contributed by atoms with Crippen molar-refractivity contribution < 1.29 is 18.4 Å². The molecule has 2 nitrogen and oxygen atoms in total. The van der Waals surface area contributed by atoms with Gasteiger partial charge in [-0.15, -0.1) is 0 Å². The Morgan fingerprint density at radius 1 is 1.29 bits per heavy atom. The number of hydroxylamine groups is 1. The quantitative estimate of drug-likeness (QED) is 0.727. The SMILES string of the molecule is C[C@H](NO)c1ccccc1C(F)(F)F. The Labute approximate surface area is 79.3 Å². The van der Waals surface area contributed by atoms with Gasteiger partial charge in [-0.1, -0.05) is 18.2 Å². The lowest BCUT2D eigenvalue weighted by Crippen LogP contribution is -2.18. The van der Waals surface area contributed by atoms with Crippen LogP contribution in [0.15, 0.2) is 24.3 Å². The lowest BCUT2D eigenvalue weighted by Gasteiger charge is -2.16. The molecule has 0 amide bonds. The highest BCUT2D eigenvalue weighted by atomic mass is 19.4. The van der Waals surface area contributed by atoms with E-state index in [1.165, 1.54) is 25.1 Å². The molecular formula is C9H10F3NO. The van der Waals surface area contributed by atoms with Gasteiger partial charge < -0.3 is 5.21 Å². The fraction of sp³-hybridized carbons (Fsp3) is 0.333. The van der Waals surface area contributed by atoms with Crippen molar-refractivity contribution in [3.8, 4) is 0 Å². The van der Waals surface area contributed by atoms with Gasteiger partial charge in [0, 0.05) is 0 Å². The molecule has 78 valence electrons. The largest absolute Gasteiger partial charge is 0.416 e. The Kier molecular flexibility index (Phi) is 3.13. The van der Waals surface area contributed by atoms with Crippen LogP contribution in [-0.4, -0.2) is 5.21 Å². The van der Waals surface area contributed by atoms with E-state index in [4.69, 9.17) is 5.21 Å². The van der Waals surface area contributed by atoms with Crippen molar-refractivity contribution in [2.24, 2.45) is 0 Å². The molecule has 0 saturated carbocycles. The third kappa shape index (κ3) is 2.24. The van der Waals surface area contributed by atoms with Gasteiger partial charge in [0.05, 0.1) is 11.6 Å². The molecule has 0 spiro atoms. The van der Waals surface area contributed by atoms with Crippen LogP contribution in [0.1, 0.15) is 24.1 Å². The molecule has 1 aromatic carbocycles. The molecule has 1 atom stereocenters. The normalized spacial score (nSPS) is 14.1. The van der Waals surface area contributed by atoms with Gasteiger partial charge in [-0.3, -0.25) is 0 Å². The maximum Gasteiger partial charge on any atom is 0.416 e. The second-order valence-electron chi connectivity index (χ2n) is 2.94. The van der Waals surface area contributed by atoms with Gasteiger partial charge in [-0.25, -0.2) is 0 Å². The summed E-state index contributed by atoms with van der Waals surface area (Å²) in [6, 6.07) is 4.39. The van der Waals surface area contributed by atoms with E-state index in [0.717, 1.165) is 6.07 Å². The van der Waals surface area contributed by atoms with Gasteiger partial charge in [0.25, 0.3) is 0 Å². The molecule has 1 rings (SSSR count). The van der Waals surface area contributed by atoms with Crippen LogP contribution < -0.4 is 5.48 Å². The number of halogens is 3. The molecule has 5 heteroatoms. The minimum Gasteiger partial charge on any atom is -0.316 e. The first-order valence-electron chi connectivity index (χ1n) is 4.02. The van der Waals surface area contributed by atoms with E-state index >= 15 is 0 Å². The zero-order valence-electron chi connectivity index (χ0n) is 7.47. The highest BCUT2D eigenvalue weighted by Crippen LogP contribution is 2.34. The second-order valence-corrected chi connectivity index (χ2v) is 2.94. The molecule has 0 aliphatic carbocycles. The third-order valence-corrected chi connectivity index (χ3v) is 1.93. The van der Waals surface area contributed by atoms with E-state index in [-0.39, 0.29) is 5.56 Å². The smallest absolute Gasteiger partial charge is 0.316 e. The number of hydrogen-bond donors (Lipinski definition) is 2.